The molecule has 0 aliphatic carbocycles. The fraction of sp³-hybridized carbons (Fsp3) is 0.200. The maximum atomic E-state index is 5.16. The predicted molar refractivity (Wildman–Crippen MR) is 61.4 cm³/mol. The Labute approximate surface area is 92.2 Å². The van der Waals surface area contributed by atoms with Crippen LogP contribution in [0, 0.1) is 0 Å². The molecule has 1 aromatic carbocycles. The second-order valence-corrected chi connectivity index (χ2v) is 3.47. The monoisotopic (exact) mass is 221 g/mol. The molecule has 0 unspecified atom stereocenters. The number of hydrogen-bond donors (Lipinski definition) is 1. The molecule has 0 aliphatic heterocycles. The van der Waals surface area contributed by atoms with E-state index in [1.807, 2.05) is 31.3 Å². The lowest BCUT2D eigenvalue weighted by Gasteiger charge is -2.03. The van der Waals surface area contributed by atoms with Crippen LogP contribution >= 0.6 is 11.7 Å². The zero-order valence-corrected chi connectivity index (χ0v) is 9.34. The molecule has 0 saturated carbocycles. The van der Waals surface area contributed by atoms with Gasteiger partial charge in [0.15, 0.2) is 5.82 Å². The Morgan fingerprint density at radius 1 is 1.33 bits per heavy atom. The summed E-state index contributed by atoms with van der Waals surface area (Å²) in [6, 6.07) is 7.77. The van der Waals surface area contributed by atoms with Gasteiger partial charge in [-0.25, -0.2) is 0 Å². The van der Waals surface area contributed by atoms with Crippen molar-refractivity contribution in [1.82, 2.24) is 8.75 Å². The lowest BCUT2D eigenvalue weighted by Crippen LogP contribution is -1.91. The summed E-state index contributed by atoms with van der Waals surface area (Å²) < 4.78 is 13.6. The molecule has 2 aromatic rings. The zero-order chi connectivity index (χ0) is 10.7. The third-order valence-electron chi connectivity index (χ3n) is 2.07. The van der Waals surface area contributed by atoms with Crippen LogP contribution in [0.1, 0.15) is 0 Å². The van der Waals surface area contributed by atoms with Crippen LogP contribution in [-0.2, 0) is 0 Å². The molecular formula is C10H11N3OS. The molecule has 0 amide bonds. The van der Waals surface area contributed by atoms with Gasteiger partial charge in [0, 0.05) is 12.6 Å². The molecule has 1 N–H and O–H groups in total. The van der Waals surface area contributed by atoms with Crippen molar-refractivity contribution in [1.29, 1.82) is 0 Å². The summed E-state index contributed by atoms with van der Waals surface area (Å²) in [5.74, 6) is 1.62. The molecule has 15 heavy (non-hydrogen) atoms. The number of nitrogens with one attached hydrogen (secondary N) is 1. The number of aromatic nitrogens is 2. The van der Waals surface area contributed by atoms with E-state index in [-0.39, 0.29) is 0 Å². The van der Waals surface area contributed by atoms with Crippen molar-refractivity contribution in [3.63, 3.8) is 0 Å². The quantitative estimate of drug-likeness (QED) is 0.863. The van der Waals surface area contributed by atoms with E-state index in [0.717, 1.165) is 22.8 Å². The summed E-state index contributed by atoms with van der Waals surface area (Å²) in [4.78, 5) is 0. The summed E-state index contributed by atoms with van der Waals surface area (Å²) in [7, 11) is 3.48. The lowest BCUT2D eigenvalue weighted by atomic mass is 10.1. The van der Waals surface area contributed by atoms with Gasteiger partial charge in [-0.05, 0) is 12.1 Å². The third kappa shape index (κ3) is 1.92. The van der Waals surface area contributed by atoms with Gasteiger partial charge in [0.05, 0.1) is 18.8 Å². The molecule has 1 aromatic heterocycles. The number of methoxy groups -OCH3 is 1. The maximum absolute atomic E-state index is 5.16. The van der Waals surface area contributed by atoms with Crippen molar-refractivity contribution in [2.45, 2.75) is 0 Å². The second kappa shape index (κ2) is 4.27. The first-order chi connectivity index (χ1) is 7.35. The molecule has 0 atom stereocenters. The molecule has 78 valence electrons. The number of benzene rings is 1. The molecule has 0 saturated heterocycles. The first-order valence-electron chi connectivity index (χ1n) is 4.50. The molecule has 1 heterocycles. The Kier molecular flexibility index (Phi) is 2.82. The van der Waals surface area contributed by atoms with Crippen molar-refractivity contribution >= 4 is 17.5 Å². The van der Waals surface area contributed by atoms with Gasteiger partial charge in [-0.3, -0.25) is 0 Å². The van der Waals surface area contributed by atoms with E-state index in [1.165, 1.54) is 11.7 Å². The average Bonchev–Trinajstić information content (AvgIpc) is 2.77. The lowest BCUT2D eigenvalue weighted by molar-refractivity contribution is 0.415. The van der Waals surface area contributed by atoms with Crippen molar-refractivity contribution in [2.24, 2.45) is 0 Å². The Hall–Kier alpha value is -1.62. The molecule has 0 fully saturated rings. The van der Waals surface area contributed by atoms with Crippen LogP contribution in [0.25, 0.3) is 11.3 Å². The highest BCUT2D eigenvalue weighted by Crippen LogP contribution is 2.27. The molecule has 0 aliphatic rings. The first-order valence-corrected chi connectivity index (χ1v) is 5.23. The van der Waals surface area contributed by atoms with Crippen LogP contribution in [0.2, 0.25) is 0 Å². The zero-order valence-electron chi connectivity index (χ0n) is 8.52. The fourth-order valence-corrected chi connectivity index (χ4v) is 1.89. The van der Waals surface area contributed by atoms with Crippen LogP contribution in [0.3, 0.4) is 0 Å². The molecule has 5 heteroatoms. The fourth-order valence-electron chi connectivity index (χ4n) is 1.31. The largest absolute Gasteiger partial charge is 0.497 e. The minimum atomic E-state index is 0.799. The summed E-state index contributed by atoms with van der Waals surface area (Å²) >= 11 is 1.20. The molecule has 2 rings (SSSR count). The van der Waals surface area contributed by atoms with Crippen LogP contribution in [0.5, 0.6) is 5.75 Å². The summed E-state index contributed by atoms with van der Waals surface area (Å²) in [5, 5.41) is 3.01. The number of nitrogens with zero attached hydrogens (tertiary/aromatic N) is 2. The maximum Gasteiger partial charge on any atom is 0.167 e. The van der Waals surface area contributed by atoms with Gasteiger partial charge in [-0.1, -0.05) is 12.1 Å². The Morgan fingerprint density at radius 2 is 2.20 bits per heavy atom. The van der Waals surface area contributed by atoms with Gasteiger partial charge in [0.2, 0.25) is 0 Å². The van der Waals surface area contributed by atoms with Crippen molar-refractivity contribution in [2.75, 3.05) is 19.5 Å². The first kappa shape index (κ1) is 9.92. The topological polar surface area (TPSA) is 47.0 Å². The molecular weight excluding hydrogens is 210 g/mol. The highest BCUT2D eigenvalue weighted by atomic mass is 32.1. The molecule has 0 spiro atoms. The van der Waals surface area contributed by atoms with E-state index in [0.29, 0.717) is 0 Å². The standard InChI is InChI=1S/C10H11N3OS/c1-11-10-9(12-15-13-10)7-4-3-5-8(6-7)14-2/h3-6H,1-2H3,(H,11,13). The molecule has 0 bridgehead atoms. The van der Waals surface area contributed by atoms with Gasteiger partial charge >= 0.3 is 0 Å². The minimum absolute atomic E-state index is 0.799. The van der Waals surface area contributed by atoms with Crippen molar-refractivity contribution in [3.05, 3.63) is 24.3 Å². The van der Waals surface area contributed by atoms with Crippen LogP contribution < -0.4 is 10.1 Å². The number of ether oxygens (including phenoxy) is 1. The van der Waals surface area contributed by atoms with Gasteiger partial charge in [-0.2, -0.15) is 8.75 Å². The Balaban J connectivity index is 2.44. The highest BCUT2D eigenvalue weighted by molar-refractivity contribution is 6.99. The van der Waals surface area contributed by atoms with E-state index >= 15 is 0 Å². The Morgan fingerprint density at radius 3 is 2.93 bits per heavy atom. The number of anilines is 1. The predicted octanol–water partition coefficient (Wildman–Crippen LogP) is 2.26. The van der Waals surface area contributed by atoms with Crippen molar-refractivity contribution in [3.8, 4) is 17.0 Å². The summed E-state index contributed by atoms with van der Waals surface area (Å²) in [6.07, 6.45) is 0. The van der Waals surface area contributed by atoms with Gasteiger partial charge in [-0.15, -0.1) is 0 Å². The summed E-state index contributed by atoms with van der Waals surface area (Å²) in [6.45, 7) is 0. The van der Waals surface area contributed by atoms with E-state index < -0.39 is 0 Å². The van der Waals surface area contributed by atoms with Gasteiger partial charge < -0.3 is 10.1 Å². The van der Waals surface area contributed by atoms with Gasteiger partial charge in [0.25, 0.3) is 0 Å². The van der Waals surface area contributed by atoms with E-state index in [9.17, 15) is 0 Å². The van der Waals surface area contributed by atoms with Crippen LogP contribution in [0.15, 0.2) is 24.3 Å². The highest BCUT2D eigenvalue weighted by Gasteiger charge is 2.09. The van der Waals surface area contributed by atoms with Gasteiger partial charge in [0.1, 0.15) is 11.4 Å². The number of hydrogen-bond acceptors (Lipinski definition) is 5. The normalized spacial score (nSPS) is 10.0. The van der Waals surface area contributed by atoms with E-state index in [4.69, 9.17) is 4.74 Å². The van der Waals surface area contributed by atoms with E-state index in [1.54, 1.807) is 7.11 Å². The van der Waals surface area contributed by atoms with Crippen molar-refractivity contribution < 1.29 is 4.74 Å². The summed E-state index contributed by atoms with van der Waals surface area (Å²) in [5.41, 5.74) is 1.87. The van der Waals surface area contributed by atoms with E-state index in [2.05, 4.69) is 14.1 Å². The Bertz CT molecular complexity index is 455. The second-order valence-electron chi connectivity index (χ2n) is 2.94. The van der Waals surface area contributed by atoms with Crippen LogP contribution in [0.4, 0.5) is 5.82 Å². The average molecular weight is 221 g/mol. The van der Waals surface area contributed by atoms with Crippen LogP contribution in [-0.4, -0.2) is 22.9 Å². The number of rotatable bonds is 3. The minimum Gasteiger partial charge on any atom is -0.497 e. The SMILES string of the molecule is CNc1nsnc1-c1cccc(OC)c1. The third-order valence-corrected chi connectivity index (χ3v) is 2.60. The molecule has 0 radical (unpaired) electrons. The molecule has 4 nitrogen and oxygen atoms in total. The smallest absolute Gasteiger partial charge is 0.167 e.